The molecule has 6 nitrogen and oxygen atoms in total. The van der Waals surface area contributed by atoms with Crippen LogP contribution in [0.1, 0.15) is 36.6 Å². The molecule has 1 aliphatic rings. The average Bonchev–Trinajstić information content (AvgIpc) is 2.70. The highest BCUT2D eigenvalue weighted by molar-refractivity contribution is 5.86. The number of aromatic hydroxyl groups is 1. The van der Waals surface area contributed by atoms with Crippen LogP contribution in [0.15, 0.2) is 42.6 Å². The first-order valence-corrected chi connectivity index (χ1v) is 9.27. The van der Waals surface area contributed by atoms with Gasteiger partial charge in [-0.15, -0.1) is 0 Å². The van der Waals surface area contributed by atoms with Crippen LogP contribution in [0.2, 0.25) is 0 Å². The van der Waals surface area contributed by atoms with Crippen LogP contribution in [-0.2, 0) is 0 Å². The molecule has 1 aliphatic heterocycles. The van der Waals surface area contributed by atoms with E-state index < -0.39 is 11.7 Å². The molecule has 2 heterocycles. The lowest BCUT2D eigenvalue weighted by Gasteiger charge is -2.29. The monoisotopic (exact) mass is 393 g/mol. The van der Waals surface area contributed by atoms with Crippen LogP contribution in [0.25, 0.3) is 17.0 Å². The lowest BCUT2D eigenvalue weighted by Crippen LogP contribution is -2.27. The van der Waals surface area contributed by atoms with Crippen molar-refractivity contribution >= 4 is 17.0 Å². The molecule has 6 heteroatoms. The van der Waals surface area contributed by atoms with Gasteiger partial charge in [-0.3, -0.25) is 4.98 Å². The first-order chi connectivity index (χ1) is 13.8. The fourth-order valence-electron chi connectivity index (χ4n) is 3.64. The Labute approximate surface area is 169 Å². The summed E-state index contributed by atoms with van der Waals surface area (Å²) in [6, 6.07) is 8.59. The van der Waals surface area contributed by atoms with E-state index in [2.05, 4.69) is 4.98 Å². The predicted molar refractivity (Wildman–Crippen MR) is 111 cm³/mol. The molecule has 2 aromatic carbocycles. The normalized spacial score (nSPS) is 15.5. The van der Waals surface area contributed by atoms with Crippen LogP contribution in [0.5, 0.6) is 23.0 Å². The van der Waals surface area contributed by atoms with Crippen molar-refractivity contribution in [2.75, 3.05) is 14.2 Å². The second kappa shape index (κ2) is 6.97. The van der Waals surface area contributed by atoms with Crippen LogP contribution in [0, 0.1) is 0 Å². The van der Waals surface area contributed by atoms with Crippen LogP contribution in [0.4, 0.5) is 0 Å². The number of phenols is 1. The molecule has 3 aromatic rings. The molecule has 0 amide bonds. The quantitative estimate of drug-likeness (QED) is 0.691. The maximum absolute atomic E-state index is 11.3. The number of nitrogens with zero attached hydrogens (tertiary/aromatic N) is 1. The first kappa shape index (κ1) is 19.1. The van der Waals surface area contributed by atoms with Gasteiger partial charge in [-0.1, -0.05) is 0 Å². The number of benzene rings is 2. The maximum Gasteiger partial charge on any atom is 0.161 e. The molecule has 1 atom stereocenters. The predicted octanol–water partition coefficient (Wildman–Crippen LogP) is 4.22. The summed E-state index contributed by atoms with van der Waals surface area (Å²) in [5.74, 6) is 1.57. The second-order valence-electron chi connectivity index (χ2n) is 7.48. The van der Waals surface area contributed by atoms with Crippen molar-refractivity contribution in [3.8, 4) is 23.0 Å². The Morgan fingerprint density at radius 1 is 1.07 bits per heavy atom. The van der Waals surface area contributed by atoms with E-state index in [9.17, 15) is 10.2 Å². The minimum absolute atomic E-state index is 0.00426. The topological polar surface area (TPSA) is 81.0 Å². The van der Waals surface area contributed by atoms with Gasteiger partial charge in [0.2, 0.25) is 0 Å². The van der Waals surface area contributed by atoms with Gasteiger partial charge in [0.05, 0.1) is 25.3 Å². The fraction of sp³-hybridized carbons (Fsp3) is 0.261. The Bertz CT molecular complexity index is 1120. The van der Waals surface area contributed by atoms with E-state index in [-0.39, 0.29) is 5.75 Å². The molecule has 1 unspecified atom stereocenters. The van der Waals surface area contributed by atoms with Gasteiger partial charge < -0.3 is 24.4 Å². The molecule has 0 aliphatic carbocycles. The maximum atomic E-state index is 11.3. The Morgan fingerprint density at radius 2 is 1.86 bits per heavy atom. The molecule has 0 bridgehead atoms. The van der Waals surface area contributed by atoms with Crippen LogP contribution in [0.3, 0.4) is 0 Å². The van der Waals surface area contributed by atoms with Crippen molar-refractivity contribution in [3.05, 3.63) is 59.3 Å². The summed E-state index contributed by atoms with van der Waals surface area (Å²) in [6.45, 7) is 3.96. The van der Waals surface area contributed by atoms with E-state index >= 15 is 0 Å². The number of aliphatic hydroxyl groups is 1. The minimum atomic E-state index is -0.974. The molecule has 0 radical (unpaired) electrons. The van der Waals surface area contributed by atoms with Crippen molar-refractivity contribution in [3.63, 3.8) is 0 Å². The van der Waals surface area contributed by atoms with Gasteiger partial charge in [-0.05, 0) is 55.8 Å². The zero-order chi connectivity index (χ0) is 20.8. The number of aliphatic hydroxyl groups excluding tert-OH is 1. The third kappa shape index (κ3) is 3.25. The number of rotatable bonds is 4. The highest BCUT2D eigenvalue weighted by Crippen LogP contribution is 2.43. The molecule has 4 rings (SSSR count). The van der Waals surface area contributed by atoms with Crippen molar-refractivity contribution in [2.45, 2.75) is 25.6 Å². The van der Waals surface area contributed by atoms with Crippen molar-refractivity contribution in [1.82, 2.24) is 4.98 Å². The molecule has 0 fully saturated rings. The number of aromatic nitrogens is 1. The van der Waals surface area contributed by atoms with Gasteiger partial charge in [-0.2, -0.15) is 0 Å². The van der Waals surface area contributed by atoms with E-state index in [4.69, 9.17) is 14.2 Å². The number of fused-ring (bicyclic) bond motifs is 2. The van der Waals surface area contributed by atoms with E-state index in [1.807, 2.05) is 38.1 Å². The molecule has 2 N–H and O–H groups in total. The van der Waals surface area contributed by atoms with Crippen molar-refractivity contribution < 1.29 is 24.4 Å². The summed E-state index contributed by atoms with van der Waals surface area (Å²) in [4.78, 5) is 4.29. The largest absolute Gasteiger partial charge is 0.504 e. The average molecular weight is 393 g/mol. The Kier molecular flexibility index (Phi) is 4.59. The van der Waals surface area contributed by atoms with Crippen molar-refractivity contribution in [2.24, 2.45) is 0 Å². The highest BCUT2D eigenvalue weighted by atomic mass is 16.5. The number of pyridine rings is 1. The van der Waals surface area contributed by atoms with Crippen molar-refractivity contribution in [1.29, 1.82) is 0 Å². The highest BCUT2D eigenvalue weighted by Gasteiger charge is 2.27. The SMILES string of the molecule is COc1cc2c(C(O)c3ccc4c(c3OC)C=CC(C)(C)O4)ccnc2cc1O. The minimum Gasteiger partial charge on any atom is -0.504 e. The van der Waals surface area contributed by atoms with Crippen LogP contribution < -0.4 is 14.2 Å². The third-order valence-corrected chi connectivity index (χ3v) is 5.08. The standard InChI is InChI=1S/C23H23NO5/c1-23(2)9-7-14-19(29-23)6-5-15(22(14)28-4)21(26)13-8-10-24-17-12-18(25)20(27-3)11-16(13)17/h5-12,21,25-26H,1-4H3. The molecule has 1 aromatic heterocycles. The van der Waals surface area contributed by atoms with Gasteiger partial charge in [0.1, 0.15) is 23.2 Å². The lowest BCUT2D eigenvalue weighted by molar-refractivity contribution is 0.157. The first-order valence-electron chi connectivity index (χ1n) is 9.27. The molecular weight excluding hydrogens is 370 g/mol. The van der Waals surface area contributed by atoms with Gasteiger partial charge in [0, 0.05) is 23.2 Å². The Morgan fingerprint density at radius 3 is 2.59 bits per heavy atom. The lowest BCUT2D eigenvalue weighted by atomic mass is 9.93. The third-order valence-electron chi connectivity index (χ3n) is 5.08. The van der Waals surface area contributed by atoms with Gasteiger partial charge in [0.25, 0.3) is 0 Å². The van der Waals surface area contributed by atoms with E-state index in [1.165, 1.54) is 13.2 Å². The summed E-state index contributed by atoms with van der Waals surface area (Å²) in [5, 5.41) is 22.0. The molecule has 150 valence electrons. The van der Waals surface area contributed by atoms with Crippen LogP contribution >= 0.6 is 0 Å². The van der Waals surface area contributed by atoms with Gasteiger partial charge in [-0.25, -0.2) is 0 Å². The zero-order valence-electron chi connectivity index (χ0n) is 16.8. The number of phenolic OH excluding ortho intramolecular Hbond substituents is 1. The smallest absolute Gasteiger partial charge is 0.161 e. The van der Waals surface area contributed by atoms with Gasteiger partial charge in [0.15, 0.2) is 11.5 Å². The van der Waals surface area contributed by atoms with Crippen LogP contribution in [-0.4, -0.2) is 35.0 Å². The molecular formula is C23H23NO5. The molecule has 0 saturated heterocycles. The zero-order valence-corrected chi connectivity index (χ0v) is 16.8. The van der Waals surface area contributed by atoms with Gasteiger partial charge >= 0.3 is 0 Å². The van der Waals surface area contributed by atoms with E-state index in [0.29, 0.717) is 39.3 Å². The van der Waals surface area contributed by atoms with E-state index in [1.54, 1.807) is 25.4 Å². The summed E-state index contributed by atoms with van der Waals surface area (Å²) >= 11 is 0. The number of ether oxygens (including phenoxy) is 3. The number of methoxy groups -OCH3 is 2. The number of hydrogen-bond donors (Lipinski definition) is 2. The summed E-state index contributed by atoms with van der Waals surface area (Å²) in [5.41, 5.74) is 2.18. The Hall–Kier alpha value is -3.25. The summed E-state index contributed by atoms with van der Waals surface area (Å²) in [6.07, 6.45) is 4.55. The second-order valence-corrected chi connectivity index (χ2v) is 7.48. The Balaban J connectivity index is 1.87. The number of hydrogen-bond acceptors (Lipinski definition) is 6. The summed E-state index contributed by atoms with van der Waals surface area (Å²) < 4.78 is 16.9. The fourth-order valence-corrected chi connectivity index (χ4v) is 3.64. The summed E-state index contributed by atoms with van der Waals surface area (Å²) in [7, 11) is 3.05. The van der Waals surface area contributed by atoms with E-state index in [0.717, 1.165) is 5.56 Å². The molecule has 0 saturated carbocycles. The molecule has 29 heavy (non-hydrogen) atoms. The molecule has 0 spiro atoms.